The van der Waals surface area contributed by atoms with Crippen molar-refractivity contribution in [1.82, 2.24) is 10.3 Å². The molecule has 0 radical (unpaired) electrons. The van der Waals surface area contributed by atoms with E-state index in [0.717, 1.165) is 22.7 Å². The van der Waals surface area contributed by atoms with E-state index in [1.807, 2.05) is 18.2 Å². The van der Waals surface area contributed by atoms with E-state index in [2.05, 4.69) is 24.1 Å². The lowest BCUT2D eigenvalue weighted by molar-refractivity contribution is 0.0946. The van der Waals surface area contributed by atoms with E-state index in [9.17, 15) is 4.79 Å². The van der Waals surface area contributed by atoms with E-state index in [4.69, 9.17) is 15.2 Å². The molecule has 0 aliphatic carbocycles. The average Bonchev–Trinajstić information content (AvgIpc) is 3.20. The van der Waals surface area contributed by atoms with Crippen LogP contribution in [0.25, 0.3) is 0 Å². The van der Waals surface area contributed by atoms with Gasteiger partial charge in [0.2, 0.25) is 6.79 Å². The number of hydrogen-bond acceptors (Lipinski definition) is 6. The molecule has 2 heterocycles. The van der Waals surface area contributed by atoms with Crippen LogP contribution in [0.2, 0.25) is 0 Å². The van der Waals surface area contributed by atoms with Gasteiger partial charge in [-0.3, -0.25) is 4.79 Å². The molecule has 0 saturated carbocycles. The molecule has 24 heavy (non-hydrogen) atoms. The van der Waals surface area contributed by atoms with Gasteiger partial charge in [0.25, 0.3) is 5.91 Å². The number of aromatic nitrogens is 1. The fraction of sp³-hybridized carbons (Fsp3) is 0.412. The predicted octanol–water partition coefficient (Wildman–Crippen LogP) is 2.85. The van der Waals surface area contributed by atoms with E-state index in [1.165, 1.54) is 11.3 Å². The largest absolute Gasteiger partial charge is 0.454 e. The van der Waals surface area contributed by atoms with Crippen molar-refractivity contribution in [3.8, 4) is 11.5 Å². The Morgan fingerprint density at radius 1 is 1.38 bits per heavy atom. The lowest BCUT2D eigenvalue weighted by atomic mass is 10.1. The lowest BCUT2D eigenvalue weighted by Crippen LogP contribution is -2.23. The van der Waals surface area contributed by atoms with Crippen LogP contribution in [-0.4, -0.2) is 17.7 Å². The van der Waals surface area contributed by atoms with Gasteiger partial charge in [0.15, 0.2) is 11.5 Å². The number of carbonyl (C=O) groups is 1. The first-order chi connectivity index (χ1) is 11.5. The molecule has 3 N–H and O–H groups in total. The molecule has 3 rings (SSSR count). The molecule has 1 amide bonds. The molecular formula is C17H21N3O3S. The highest BCUT2D eigenvalue weighted by atomic mass is 32.1. The third-order valence-corrected chi connectivity index (χ3v) is 4.66. The average molecular weight is 347 g/mol. The van der Waals surface area contributed by atoms with Crippen molar-refractivity contribution in [3.63, 3.8) is 0 Å². The Bertz CT molecular complexity index is 730. The number of carbonyl (C=O) groups excluding carboxylic acids is 1. The van der Waals surface area contributed by atoms with Gasteiger partial charge < -0.3 is 20.5 Å². The molecule has 1 aromatic heterocycles. The minimum absolute atomic E-state index is 0.120. The molecule has 1 atom stereocenters. The van der Waals surface area contributed by atoms with Crippen molar-refractivity contribution in [3.05, 3.63) is 39.8 Å². The molecule has 0 saturated heterocycles. The summed E-state index contributed by atoms with van der Waals surface area (Å²) in [5.74, 6) is 1.73. The minimum atomic E-state index is -0.202. The molecule has 7 heteroatoms. The van der Waals surface area contributed by atoms with Crippen molar-refractivity contribution in [2.24, 2.45) is 11.7 Å². The number of nitrogens with one attached hydrogen (secondary N) is 1. The number of rotatable bonds is 6. The summed E-state index contributed by atoms with van der Waals surface area (Å²) in [6, 6.07) is 5.49. The van der Waals surface area contributed by atoms with Crippen LogP contribution in [-0.2, 0) is 6.54 Å². The monoisotopic (exact) mass is 347 g/mol. The summed E-state index contributed by atoms with van der Waals surface area (Å²) in [4.78, 5) is 16.6. The Labute approximate surface area is 145 Å². The number of benzene rings is 1. The maximum Gasteiger partial charge on any atom is 0.271 e. The highest BCUT2D eigenvalue weighted by Crippen LogP contribution is 2.32. The van der Waals surface area contributed by atoms with E-state index >= 15 is 0 Å². The molecule has 1 unspecified atom stereocenters. The zero-order chi connectivity index (χ0) is 17.1. The van der Waals surface area contributed by atoms with Crippen molar-refractivity contribution >= 4 is 17.2 Å². The highest BCUT2D eigenvalue weighted by Gasteiger charge is 2.17. The van der Waals surface area contributed by atoms with E-state index in [0.29, 0.717) is 23.9 Å². The van der Waals surface area contributed by atoms with Crippen molar-refractivity contribution in [2.45, 2.75) is 32.9 Å². The quantitative estimate of drug-likeness (QED) is 0.839. The summed E-state index contributed by atoms with van der Waals surface area (Å²) in [6.45, 7) is 4.88. The molecular weight excluding hydrogens is 326 g/mol. The SMILES string of the molecule is CC(C)CC(N)c1nc(C(=O)NCc2ccc3c(c2)OCO3)cs1. The summed E-state index contributed by atoms with van der Waals surface area (Å²) in [5.41, 5.74) is 7.47. The second-order valence-corrected chi connectivity index (χ2v) is 7.07. The highest BCUT2D eigenvalue weighted by molar-refractivity contribution is 7.09. The summed E-state index contributed by atoms with van der Waals surface area (Å²) >= 11 is 1.43. The number of thiazole rings is 1. The van der Waals surface area contributed by atoms with Crippen LogP contribution in [0.15, 0.2) is 23.6 Å². The Balaban J connectivity index is 1.58. The summed E-state index contributed by atoms with van der Waals surface area (Å²) in [7, 11) is 0. The fourth-order valence-corrected chi connectivity index (χ4v) is 3.31. The van der Waals surface area contributed by atoms with Gasteiger partial charge in [0, 0.05) is 11.9 Å². The molecule has 0 bridgehead atoms. The van der Waals surface area contributed by atoms with Gasteiger partial charge in [-0.2, -0.15) is 0 Å². The standard InChI is InChI=1S/C17H21N3O3S/c1-10(2)5-12(18)17-20-13(8-24-17)16(21)19-7-11-3-4-14-15(6-11)23-9-22-14/h3-4,6,8,10,12H,5,7,9,18H2,1-2H3,(H,19,21). The number of nitrogens with two attached hydrogens (primary N) is 1. The minimum Gasteiger partial charge on any atom is -0.454 e. The zero-order valence-electron chi connectivity index (χ0n) is 13.7. The lowest BCUT2D eigenvalue weighted by Gasteiger charge is -2.10. The number of amides is 1. The fourth-order valence-electron chi connectivity index (χ4n) is 2.49. The molecule has 1 aromatic carbocycles. The predicted molar refractivity (Wildman–Crippen MR) is 92.2 cm³/mol. The van der Waals surface area contributed by atoms with E-state index in [1.54, 1.807) is 5.38 Å². The first kappa shape index (κ1) is 16.7. The maximum absolute atomic E-state index is 12.2. The van der Waals surface area contributed by atoms with Crippen LogP contribution < -0.4 is 20.5 Å². The number of hydrogen-bond donors (Lipinski definition) is 2. The van der Waals surface area contributed by atoms with E-state index < -0.39 is 0 Å². The molecule has 1 aliphatic heterocycles. The number of ether oxygens (including phenoxy) is 2. The Hall–Kier alpha value is -2.12. The van der Waals surface area contributed by atoms with Crippen molar-refractivity contribution in [1.29, 1.82) is 0 Å². The van der Waals surface area contributed by atoms with Crippen LogP contribution in [0, 0.1) is 5.92 Å². The molecule has 2 aromatic rings. The third kappa shape index (κ3) is 3.85. The second kappa shape index (κ2) is 7.19. The first-order valence-electron chi connectivity index (χ1n) is 7.90. The second-order valence-electron chi connectivity index (χ2n) is 6.18. The molecule has 0 fully saturated rings. The van der Waals surface area contributed by atoms with E-state index in [-0.39, 0.29) is 18.7 Å². The molecule has 128 valence electrons. The molecule has 6 nitrogen and oxygen atoms in total. The Kier molecular flexibility index (Phi) is 5.01. The normalized spacial score (nSPS) is 14.0. The topological polar surface area (TPSA) is 86.5 Å². The zero-order valence-corrected chi connectivity index (χ0v) is 14.6. The van der Waals surface area contributed by atoms with Gasteiger partial charge >= 0.3 is 0 Å². The van der Waals surface area contributed by atoms with Crippen molar-refractivity contribution < 1.29 is 14.3 Å². The van der Waals surface area contributed by atoms with Gasteiger partial charge in [0.05, 0.1) is 6.04 Å². The van der Waals surface area contributed by atoms with Crippen LogP contribution >= 0.6 is 11.3 Å². The van der Waals surface area contributed by atoms with Crippen LogP contribution in [0.3, 0.4) is 0 Å². The number of fused-ring (bicyclic) bond motifs is 1. The third-order valence-electron chi connectivity index (χ3n) is 3.69. The van der Waals surface area contributed by atoms with Crippen molar-refractivity contribution in [2.75, 3.05) is 6.79 Å². The van der Waals surface area contributed by atoms with Gasteiger partial charge in [0.1, 0.15) is 10.7 Å². The summed E-state index contributed by atoms with van der Waals surface area (Å²) < 4.78 is 10.6. The maximum atomic E-state index is 12.2. The van der Waals surface area contributed by atoms with Crippen LogP contribution in [0.4, 0.5) is 0 Å². The summed E-state index contributed by atoms with van der Waals surface area (Å²) in [6.07, 6.45) is 0.853. The molecule has 0 spiro atoms. The first-order valence-corrected chi connectivity index (χ1v) is 8.78. The Morgan fingerprint density at radius 2 is 2.17 bits per heavy atom. The van der Waals surface area contributed by atoms with Gasteiger partial charge in [-0.1, -0.05) is 19.9 Å². The smallest absolute Gasteiger partial charge is 0.271 e. The van der Waals surface area contributed by atoms with Crippen LogP contribution in [0.5, 0.6) is 11.5 Å². The van der Waals surface area contributed by atoms with Crippen LogP contribution in [0.1, 0.15) is 47.4 Å². The van der Waals surface area contributed by atoms with Gasteiger partial charge in [-0.05, 0) is 30.0 Å². The Morgan fingerprint density at radius 3 is 2.96 bits per heavy atom. The molecule has 1 aliphatic rings. The number of nitrogens with zero attached hydrogens (tertiary/aromatic N) is 1. The van der Waals surface area contributed by atoms with Gasteiger partial charge in [-0.15, -0.1) is 11.3 Å². The van der Waals surface area contributed by atoms with Gasteiger partial charge in [-0.25, -0.2) is 4.98 Å². The summed E-state index contributed by atoms with van der Waals surface area (Å²) in [5, 5.41) is 5.42.